The van der Waals surface area contributed by atoms with Gasteiger partial charge in [0.05, 0.1) is 18.1 Å². The third-order valence-corrected chi connectivity index (χ3v) is 4.10. The molecular weight excluding hydrogens is 324 g/mol. The van der Waals surface area contributed by atoms with Crippen LogP contribution in [-0.4, -0.2) is 37.5 Å². The van der Waals surface area contributed by atoms with Gasteiger partial charge in [-0.25, -0.2) is 4.68 Å². The highest BCUT2D eigenvalue weighted by molar-refractivity contribution is 7.71. The summed E-state index contributed by atoms with van der Waals surface area (Å²) in [6.45, 7) is 0.748. The highest BCUT2D eigenvalue weighted by Crippen LogP contribution is 2.26. The normalized spacial score (nSPS) is 17.8. The fourth-order valence-electron chi connectivity index (χ4n) is 2.65. The van der Waals surface area contributed by atoms with Gasteiger partial charge in [0, 0.05) is 18.4 Å². The molecule has 8 heteroatoms. The molecule has 0 saturated carbocycles. The number of hydrogen-bond acceptors (Lipinski definition) is 5. The van der Waals surface area contributed by atoms with Crippen molar-refractivity contribution in [3.63, 3.8) is 0 Å². The van der Waals surface area contributed by atoms with E-state index in [1.807, 2.05) is 36.5 Å². The van der Waals surface area contributed by atoms with Crippen LogP contribution in [0.2, 0.25) is 0 Å². The number of nitrogens with zero attached hydrogens (tertiary/aromatic N) is 5. The molecular formula is C16H16N6OS. The van der Waals surface area contributed by atoms with Crippen LogP contribution in [-0.2, 0) is 4.74 Å². The van der Waals surface area contributed by atoms with Gasteiger partial charge in [0.2, 0.25) is 4.77 Å². The molecule has 0 spiro atoms. The van der Waals surface area contributed by atoms with Crippen LogP contribution in [0.15, 0.2) is 47.8 Å². The number of aromatic amines is 1. The number of H-pyrrole nitrogens is 1. The highest BCUT2D eigenvalue weighted by atomic mass is 32.1. The quantitative estimate of drug-likeness (QED) is 0.585. The minimum atomic E-state index is -0.0536. The van der Waals surface area contributed by atoms with Crippen LogP contribution in [0.3, 0.4) is 0 Å². The van der Waals surface area contributed by atoms with E-state index in [2.05, 4.69) is 20.4 Å². The van der Waals surface area contributed by atoms with Gasteiger partial charge in [0.25, 0.3) is 0 Å². The maximum atomic E-state index is 5.67. The first-order chi connectivity index (χ1) is 11.8. The van der Waals surface area contributed by atoms with E-state index in [-0.39, 0.29) is 6.10 Å². The van der Waals surface area contributed by atoms with Crippen LogP contribution in [0.5, 0.6) is 0 Å². The van der Waals surface area contributed by atoms with E-state index < -0.39 is 0 Å². The Morgan fingerprint density at radius 1 is 1.33 bits per heavy atom. The molecule has 1 aliphatic heterocycles. The van der Waals surface area contributed by atoms with Crippen LogP contribution >= 0.6 is 12.2 Å². The number of hydrogen-bond donors (Lipinski definition) is 1. The molecule has 0 radical (unpaired) electrons. The minimum Gasteiger partial charge on any atom is -0.370 e. The van der Waals surface area contributed by atoms with Crippen LogP contribution in [0.25, 0.3) is 5.69 Å². The Labute approximate surface area is 143 Å². The summed E-state index contributed by atoms with van der Waals surface area (Å²) in [4.78, 5) is 0. The second-order valence-electron chi connectivity index (χ2n) is 5.50. The molecule has 24 heavy (non-hydrogen) atoms. The second-order valence-corrected chi connectivity index (χ2v) is 5.89. The Morgan fingerprint density at radius 3 is 3.00 bits per heavy atom. The zero-order chi connectivity index (χ0) is 16.4. The maximum Gasteiger partial charge on any atom is 0.216 e. The summed E-state index contributed by atoms with van der Waals surface area (Å²) in [7, 11) is 0. The van der Waals surface area contributed by atoms with Crippen molar-refractivity contribution in [1.82, 2.24) is 24.7 Å². The largest absolute Gasteiger partial charge is 0.370 e. The van der Waals surface area contributed by atoms with Gasteiger partial charge in [-0.3, -0.25) is 5.10 Å². The van der Waals surface area contributed by atoms with E-state index in [0.717, 1.165) is 30.7 Å². The van der Waals surface area contributed by atoms with Gasteiger partial charge in [-0.15, -0.1) is 0 Å². The number of nitrogens with one attached hydrogen (secondary N) is 1. The Bertz CT molecular complexity index is 904. The lowest BCUT2D eigenvalue weighted by Crippen LogP contribution is -2.05. The zero-order valence-corrected chi connectivity index (χ0v) is 13.7. The molecule has 1 aromatic carbocycles. The number of aromatic nitrogens is 5. The second kappa shape index (κ2) is 6.50. The average molecular weight is 340 g/mol. The first kappa shape index (κ1) is 15.0. The van der Waals surface area contributed by atoms with Gasteiger partial charge in [0.1, 0.15) is 6.10 Å². The summed E-state index contributed by atoms with van der Waals surface area (Å²) in [6.07, 6.45) is 7.29. The molecule has 3 aromatic rings. The number of benzene rings is 1. The fraction of sp³-hybridized carbons (Fsp3) is 0.250. The van der Waals surface area contributed by atoms with Crippen molar-refractivity contribution in [1.29, 1.82) is 0 Å². The summed E-state index contributed by atoms with van der Waals surface area (Å²) in [5, 5.41) is 15.8. The molecule has 7 nitrogen and oxygen atoms in total. The monoisotopic (exact) mass is 340 g/mol. The van der Waals surface area contributed by atoms with Crippen molar-refractivity contribution >= 4 is 18.4 Å². The molecule has 0 unspecified atom stereocenters. The number of ether oxygens (including phenoxy) is 1. The van der Waals surface area contributed by atoms with Gasteiger partial charge >= 0.3 is 0 Å². The summed E-state index contributed by atoms with van der Waals surface area (Å²) >= 11 is 5.26. The van der Waals surface area contributed by atoms with Crippen molar-refractivity contribution in [3.8, 4) is 5.69 Å². The smallest absolute Gasteiger partial charge is 0.216 e. The molecule has 1 N–H and O–H groups in total. The molecule has 0 bridgehead atoms. The lowest BCUT2D eigenvalue weighted by molar-refractivity contribution is 0.102. The van der Waals surface area contributed by atoms with Crippen molar-refractivity contribution in [2.24, 2.45) is 5.10 Å². The van der Waals surface area contributed by atoms with E-state index >= 15 is 0 Å². The SMILES string of the molecule is S=c1[nH]nc([C@@H]2CCCO2)n1/N=C\c1cnn(-c2ccccc2)c1. The lowest BCUT2D eigenvalue weighted by atomic mass is 10.2. The Hall–Kier alpha value is -2.58. The number of rotatable bonds is 4. The van der Waals surface area contributed by atoms with Crippen molar-refractivity contribution in [2.75, 3.05) is 6.61 Å². The molecule has 3 heterocycles. The van der Waals surface area contributed by atoms with Gasteiger partial charge in [-0.05, 0) is 37.2 Å². The first-order valence-electron chi connectivity index (χ1n) is 7.74. The van der Waals surface area contributed by atoms with E-state index in [4.69, 9.17) is 17.0 Å². The third-order valence-electron chi connectivity index (χ3n) is 3.84. The zero-order valence-electron chi connectivity index (χ0n) is 12.9. The first-order valence-corrected chi connectivity index (χ1v) is 8.15. The van der Waals surface area contributed by atoms with E-state index in [1.54, 1.807) is 21.8 Å². The molecule has 1 saturated heterocycles. The van der Waals surface area contributed by atoms with Crippen LogP contribution in [0.4, 0.5) is 0 Å². The standard InChI is InChI=1S/C16H16N6OS/c24-16-20-19-15(14-7-4-8-23-14)22(16)18-10-12-9-17-21(11-12)13-5-2-1-3-6-13/h1-3,5-6,9-11,14H,4,7-8H2,(H,20,24)/b18-10-/t14-/m0/s1. The predicted molar refractivity (Wildman–Crippen MR) is 91.9 cm³/mol. The topological polar surface area (TPSA) is 73.0 Å². The summed E-state index contributed by atoms with van der Waals surface area (Å²) < 4.78 is 9.54. The van der Waals surface area contributed by atoms with Crippen LogP contribution in [0.1, 0.15) is 30.3 Å². The van der Waals surface area contributed by atoms with E-state index in [9.17, 15) is 0 Å². The Morgan fingerprint density at radius 2 is 2.21 bits per heavy atom. The van der Waals surface area contributed by atoms with Crippen LogP contribution in [0, 0.1) is 4.77 Å². The van der Waals surface area contributed by atoms with Crippen molar-refractivity contribution in [3.05, 3.63) is 58.9 Å². The van der Waals surface area contributed by atoms with Gasteiger partial charge < -0.3 is 4.74 Å². The van der Waals surface area contributed by atoms with E-state index in [0.29, 0.717) is 10.6 Å². The fourth-order valence-corrected chi connectivity index (χ4v) is 2.84. The molecule has 1 aliphatic rings. The summed E-state index contributed by atoms with van der Waals surface area (Å²) in [6, 6.07) is 9.92. The predicted octanol–water partition coefficient (Wildman–Crippen LogP) is 2.86. The highest BCUT2D eigenvalue weighted by Gasteiger charge is 2.23. The molecule has 122 valence electrons. The average Bonchev–Trinajstić information content (AvgIpc) is 3.35. The van der Waals surface area contributed by atoms with Crippen molar-refractivity contribution < 1.29 is 4.74 Å². The molecule has 0 aliphatic carbocycles. The molecule has 0 amide bonds. The van der Waals surface area contributed by atoms with Gasteiger partial charge in [0.15, 0.2) is 5.82 Å². The van der Waals surface area contributed by atoms with Crippen molar-refractivity contribution in [2.45, 2.75) is 18.9 Å². The Balaban J connectivity index is 1.59. The van der Waals surface area contributed by atoms with Gasteiger partial charge in [-0.2, -0.15) is 20.0 Å². The maximum absolute atomic E-state index is 5.67. The molecule has 1 fully saturated rings. The minimum absolute atomic E-state index is 0.0536. The Kier molecular flexibility index (Phi) is 4.06. The summed E-state index contributed by atoms with van der Waals surface area (Å²) in [5.74, 6) is 0.712. The van der Waals surface area contributed by atoms with Gasteiger partial charge in [-0.1, -0.05) is 18.2 Å². The number of para-hydroxylation sites is 1. The molecule has 2 aromatic heterocycles. The molecule has 4 rings (SSSR count). The third kappa shape index (κ3) is 2.93. The van der Waals surface area contributed by atoms with E-state index in [1.165, 1.54) is 0 Å². The lowest BCUT2D eigenvalue weighted by Gasteiger charge is -2.06. The van der Waals surface area contributed by atoms with Crippen LogP contribution < -0.4 is 0 Å². The summed E-state index contributed by atoms with van der Waals surface area (Å²) in [5.41, 5.74) is 1.87. The molecule has 1 atom stereocenters.